The van der Waals surface area contributed by atoms with Gasteiger partial charge in [-0.2, -0.15) is 4.31 Å². The maximum atomic E-state index is 13.0. The Labute approximate surface area is 196 Å². The van der Waals surface area contributed by atoms with E-state index in [4.69, 9.17) is 4.74 Å². The maximum absolute atomic E-state index is 13.0. The third kappa shape index (κ3) is 5.33. The fourth-order valence-corrected chi connectivity index (χ4v) is 6.13. The van der Waals surface area contributed by atoms with Crippen molar-refractivity contribution in [2.24, 2.45) is 5.92 Å². The van der Waals surface area contributed by atoms with Crippen molar-refractivity contribution in [2.75, 3.05) is 38.2 Å². The molecular weight excluding hydrogens is 438 g/mol. The van der Waals surface area contributed by atoms with Crippen molar-refractivity contribution in [1.29, 1.82) is 0 Å². The van der Waals surface area contributed by atoms with Crippen molar-refractivity contribution in [1.82, 2.24) is 9.62 Å². The van der Waals surface area contributed by atoms with Gasteiger partial charge in [-0.1, -0.05) is 12.1 Å². The number of sulfonamides is 1. The minimum absolute atomic E-state index is 0.00274. The summed E-state index contributed by atoms with van der Waals surface area (Å²) < 4.78 is 32.8. The summed E-state index contributed by atoms with van der Waals surface area (Å²) in [7, 11) is -1.46. The molecule has 2 aliphatic rings. The van der Waals surface area contributed by atoms with Gasteiger partial charge in [0, 0.05) is 44.8 Å². The van der Waals surface area contributed by atoms with E-state index in [2.05, 4.69) is 35.5 Å². The molecule has 2 aromatic rings. The standard InChI is InChI=1S/C25H33N3O4S/c1-3-32-22-7-9-23(10-8-22)33(30,31)28-15-12-20(13-16-28)25(29)26-18-19-6-11-24-21(17-19)5-4-14-27(24)2/h6-11,17,20H,3-5,12-16,18H2,1-2H3,(H,26,29). The highest BCUT2D eigenvalue weighted by Crippen LogP contribution is 2.28. The lowest BCUT2D eigenvalue weighted by molar-refractivity contribution is -0.126. The summed E-state index contributed by atoms with van der Waals surface area (Å²) in [5.74, 6) is 0.487. The van der Waals surface area contributed by atoms with Crippen LogP contribution in [-0.4, -0.2) is 51.9 Å². The van der Waals surface area contributed by atoms with E-state index in [0.717, 1.165) is 24.9 Å². The quantitative estimate of drug-likeness (QED) is 0.671. The number of ether oxygens (including phenoxy) is 1. The molecule has 0 unspecified atom stereocenters. The van der Waals surface area contributed by atoms with Gasteiger partial charge < -0.3 is 15.0 Å². The first-order valence-corrected chi connectivity index (χ1v) is 13.2. The van der Waals surface area contributed by atoms with Gasteiger partial charge in [0.1, 0.15) is 5.75 Å². The summed E-state index contributed by atoms with van der Waals surface area (Å²) in [4.78, 5) is 15.3. The van der Waals surface area contributed by atoms with E-state index < -0.39 is 10.0 Å². The number of hydrogen-bond donors (Lipinski definition) is 1. The average molecular weight is 472 g/mol. The zero-order chi connectivity index (χ0) is 23.4. The van der Waals surface area contributed by atoms with Crippen LogP contribution in [-0.2, 0) is 27.8 Å². The lowest BCUT2D eigenvalue weighted by Gasteiger charge is -2.30. The van der Waals surface area contributed by atoms with Crippen LogP contribution in [0, 0.1) is 5.92 Å². The van der Waals surface area contributed by atoms with E-state index in [9.17, 15) is 13.2 Å². The van der Waals surface area contributed by atoms with E-state index in [0.29, 0.717) is 44.8 Å². The van der Waals surface area contributed by atoms with Crippen LogP contribution in [0.5, 0.6) is 5.75 Å². The van der Waals surface area contributed by atoms with Crippen molar-refractivity contribution in [3.05, 3.63) is 53.6 Å². The Morgan fingerprint density at radius 2 is 1.82 bits per heavy atom. The zero-order valence-electron chi connectivity index (χ0n) is 19.4. The van der Waals surface area contributed by atoms with Gasteiger partial charge in [0.05, 0.1) is 11.5 Å². The van der Waals surface area contributed by atoms with E-state index in [1.54, 1.807) is 24.3 Å². The number of carbonyl (C=O) groups excluding carboxylic acids is 1. The molecule has 8 heteroatoms. The molecule has 33 heavy (non-hydrogen) atoms. The molecule has 2 aromatic carbocycles. The van der Waals surface area contributed by atoms with Crippen molar-refractivity contribution in [3.63, 3.8) is 0 Å². The molecule has 4 rings (SSSR count). The van der Waals surface area contributed by atoms with Gasteiger partial charge >= 0.3 is 0 Å². The molecule has 0 saturated carbocycles. The second-order valence-corrected chi connectivity index (χ2v) is 10.7. The summed E-state index contributed by atoms with van der Waals surface area (Å²) in [6, 6.07) is 12.9. The van der Waals surface area contributed by atoms with Gasteiger partial charge in [-0.05, 0) is 74.1 Å². The largest absolute Gasteiger partial charge is 0.494 e. The third-order valence-corrected chi connectivity index (χ3v) is 8.47. The first kappa shape index (κ1) is 23.6. The molecule has 2 heterocycles. The number of anilines is 1. The number of fused-ring (bicyclic) bond motifs is 1. The van der Waals surface area contributed by atoms with Crippen LogP contribution in [0.25, 0.3) is 0 Å². The average Bonchev–Trinajstić information content (AvgIpc) is 2.83. The second-order valence-electron chi connectivity index (χ2n) is 8.79. The van der Waals surface area contributed by atoms with Crippen molar-refractivity contribution >= 4 is 21.6 Å². The van der Waals surface area contributed by atoms with Crippen LogP contribution < -0.4 is 15.0 Å². The minimum atomic E-state index is -3.57. The molecule has 0 aromatic heterocycles. The van der Waals surface area contributed by atoms with Crippen LogP contribution in [0.3, 0.4) is 0 Å². The monoisotopic (exact) mass is 471 g/mol. The predicted octanol–water partition coefficient (Wildman–Crippen LogP) is 3.18. The summed E-state index contributed by atoms with van der Waals surface area (Å²) in [6.45, 7) is 4.69. The molecule has 2 aliphatic heterocycles. The number of nitrogens with one attached hydrogen (secondary N) is 1. The number of hydrogen-bond acceptors (Lipinski definition) is 5. The summed E-state index contributed by atoms with van der Waals surface area (Å²) in [6.07, 6.45) is 3.27. The molecule has 1 amide bonds. The Morgan fingerprint density at radius 1 is 1.09 bits per heavy atom. The zero-order valence-corrected chi connectivity index (χ0v) is 20.2. The van der Waals surface area contributed by atoms with Gasteiger partial charge in [-0.15, -0.1) is 0 Å². The topological polar surface area (TPSA) is 79.0 Å². The molecule has 0 aliphatic carbocycles. The van der Waals surface area contributed by atoms with Crippen molar-refractivity contribution in [2.45, 2.75) is 44.0 Å². The van der Waals surface area contributed by atoms with Crippen LogP contribution in [0.2, 0.25) is 0 Å². The van der Waals surface area contributed by atoms with E-state index in [-0.39, 0.29) is 16.7 Å². The van der Waals surface area contributed by atoms with Crippen molar-refractivity contribution < 1.29 is 17.9 Å². The number of rotatable bonds is 7. The Kier molecular flexibility index (Phi) is 7.24. The van der Waals surface area contributed by atoms with E-state index in [1.807, 2.05) is 6.92 Å². The van der Waals surface area contributed by atoms with Crippen LogP contribution in [0.4, 0.5) is 5.69 Å². The minimum Gasteiger partial charge on any atom is -0.494 e. The molecule has 1 N–H and O–H groups in total. The molecule has 178 valence electrons. The Balaban J connectivity index is 1.30. The van der Waals surface area contributed by atoms with Gasteiger partial charge in [0.2, 0.25) is 15.9 Å². The molecule has 0 spiro atoms. The third-order valence-electron chi connectivity index (χ3n) is 6.56. The van der Waals surface area contributed by atoms with Crippen LogP contribution >= 0.6 is 0 Å². The van der Waals surface area contributed by atoms with E-state index >= 15 is 0 Å². The second kappa shape index (κ2) is 10.1. The molecule has 7 nitrogen and oxygen atoms in total. The molecule has 1 fully saturated rings. The smallest absolute Gasteiger partial charge is 0.243 e. The van der Waals surface area contributed by atoms with Crippen LogP contribution in [0.15, 0.2) is 47.4 Å². The maximum Gasteiger partial charge on any atom is 0.243 e. The predicted molar refractivity (Wildman–Crippen MR) is 129 cm³/mol. The molecule has 0 radical (unpaired) electrons. The number of nitrogens with zero attached hydrogens (tertiary/aromatic N) is 2. The molecular formula is C25H33N3O4S. The highest BCUT2D eigenvalue weighted by Gasteiger charge is 2.32. The summed E-state index contributed by atoms with van der Waals surface area (Å²) in [5.41, 5.74) is 3.72. The normalized spacial score (nSPS) is 17.5. The lowest BCUT2D eigenvalue weighted by atomic mass is 9.96. The molecule has 0 atom stereocenters. The number of aryl methyl sites for hydroxylation is 1. The fraction of sp³-hybridized carbons (Fsp3) is 0.480. The van der Waals surface area contributed by atoms with E-state index in [1.165, 1.54) is 15.6 Å². The van der Waals surface area contributed by atoms with Crippen molar-refractivity contribution in [3.8, 4) is 5.75 Å². The van der Waals surface area contributed by atoms with Crippen LogP contribution in [0.1, 0.15) is 37.3 Å². The number of amides is 1. The van der Waals surface area contributed by atoms with Gasteiger partial charge in [0.25, 0.3) is 0 Å². The molecule has 0 bridgehead atoms. The lowest BCUT2D eigenvalue weighted by Crippen LogP contribution is -2.42. The first-order valence-electron chi connectivity index (χ1n) is 11.7. The highest BCUT2D eigenvalue weighted by molar-refractivity contribution is 7.89. The van der Waals surface area contributed by atoms with Gasteiger partial charge in [0.15, 0.2) is 0 Å². The number of carbonyl (C=O) groups is 1. The SMILES string of the molecule is CCOc1ccc(S(=O)(=O)N2CCC(C(=O)NCc3ccc4c(c3)CCCN4C)CC2)cc1. The Bertz CT molecular complexity index is 1080. The number of piperidine rings is 1. The first-order chi connectivity index (χ1) is 15.9. The Morgan fingerprint density at radius 3 is 2.52 bits per heavy atom. The number of benzene rings is 2. The Hall–Kier alpha value is -2.58. The summed E-state index contributed by atoms with van der Waals surface area (Å²) >= 11 is 0. The molecule has 1 saturated heterocycles. The highest BCUT2D eigenvalue weighted by atomic mass is 32.2. The van der Waals surface area contributed by atoms with Gasteiger partial charge in [-0.25, -0.2) is 8.42 Å². The fourth-order valence-electron chi connectivity index (χ4n) is 4.66. The van der Waals surface area contributed by atoms with Gasteiger partial charge in [-0.3, -0.25) is 4.79 Å². The summed E-state index contributed by atoms with van der Waals surface area (Å²) in [5, 5.41) is 3.06.